The van der Waals surface area contributed by atoms with Crippen molar-refractivity contribution in [3.05, 3.63) is 23.8 Å². The van der Waals surface area contributed by atoms with Gasteiger partial charge in [-0.15, -0.1) is 0 Å². The standard InChI is InChI=1S/C15H24O/c1-10-5-7-12(15(3,4)16)9-14-11(2)6-8-13(10)14/h6,12-14,16H,1,5,7-9H2,2-4H3/t12-,13+,14-/m1/s1. The highest BCUT2D eigenvalue weighted by Gasteiger charge is 2.38. The number of allylic oxidation sites excluding steroid dienone is 3. The second-order valence-electron chi connectivity index (χ2n) is 6.18. The molecule has 3 atom stereocenters. The first-order valence-electron chi connectivity index (χ1n) is 6.46. The van der Waals surface area contributed by atoms with Crippen LogP contribution in [-0.4, -0.2) is 10.7 Å². The molecule has 0 unspecified atom stereocenters. The average Bonchev–Trinajstić information content (AvgIpc) is 2.42. The van der Waals surface area contributed by atoms with Crippen LogP contribution in [0.15, 0.2) is 23.8 Å². The van der Waals surface area contributed by atoms with Crippen LogP contribution in [-0.2, 0) is 0 Å². The fourth-order valence-electron chi connectivity index (χ4n) is 3.36. The van der Waals surface area contributed by atoms with Crippen molar-refractivity contribution >= 4 is 0 Å². The Morgan fingerprint density at radius 1 is 1.38 bits per heavy atom. The van der Waals surface area contributed by atoms with Crippen LogP contribution >= 0.6 is 0 Å². The Morgan fingerprint density at radius 2 is 2.06 bits per heavy atom. The predicted molar refractivity (Wildman–Crippen MR) is 68.1 cm³/mol. The van der Waals surface area contributed by atoms with Crippen LogP contribution in [0.25, 0.3) is 0 Å². The van der Waals surface area contributed by atoms with Crippen molar-refractivity contribution in [2.24, 2.45) is 17.8 Å². The summed E-state index contributed by atoms with van der Waals surface area (Å²) in [6.07, 6.45) is 6.87. The normalized spacial score (nSPS) is 35.6. The molecule has 90 valence electrons. The van der Waals surface area contributed by atoms with Gasteiger partial charge in [0.05, 0.1) is 5.60 Å². The van der Waals surface area contributed by atoms with Crippen LogP contribution < -0.4 is 0 Å². The molecule has 1 N–H and O–H groups in total. The number of aliphatic hydroxyl groups is 1. The van der Waals surface area contributed by atoms with Crippen molar-refractivity contribution in [2.45, 2.75) is 52.1 Å². The van der Waals surface area contributed by atoms with Crippen molar-refractivity contribution in [3.63, 3.8) is 0 Å². The monoisotopic (exact) mass is 220 g/mol. The van der Waals surface area contributed by atoms with E-state index in [2.05, 4.69) is 19.6 Å². The molecule has 0 bridgehead atoms. The maximum Gasteiger partial charge on any atom is 0.0620 e. The highest BCUT2D eigenvalue weighted by atomic mass is 16.3. The third-order valence-electron chi connectivity index (χ3n) is 4.64. The van der Waals surface area contributed by atoms with Gasteiger partial charge >= 0.3 is 0 Å². The molecule has 0 spiro atoms. The Balaban J connectivity index is 2.20. The van der Waals surface area contributed by atoms with Gasteiger partial charge in [-0.05, 0) is 64.2 Å². The zero-order valence-corrected chi connectivity index (χ0v) is 10.8. The molecule has 0 saturated heterocycles. The number of fused-ring (bicyclic) bond motifs is 1. The van der Waals surface area contributed by atoms with Crippen molar-refractivity contribution in [1.29, 1.82) is 0 Å². The largest absolute Gasteiger partial charge is 0.390 e. The van der Waals surface area contributed by atoms with Gasteiger partial charge in [-0.3, -0.25) is 0 Å². The zero-order chi connectivity index (χ0) is 11.9. The molecule has 1 heteroatoms. The lowest BCUT2D eigenvalue weighted by Gasteiger charge is -2.31. The second kappa shape index (κ2) is 4.03. The van der Waals surface area contributed by atoms with Crippen LogP contribution in [0.2, 0.25) is 0 Å². The van der Waals surface area contributed by atoms with Crippen LogP contribution in [0.3, 0.4) is 0 Å². The first-order valence-corrected chi connectivity index (χ1v) is 6.46. The summed E-state index contributed by atoms with van der Waals surface area (Å²) in [6.45, 7) is 10.4. The van der Waals surface area contributed by atoms with Gasteiger partial charge in [0.15, 0.2) is 0 Å². The highest BCUT2D eigenvalue weighted by Crippen LogP contribution is 2.46. The molecule has 16 heavy (non-hydrogen) atoms. The molecule has 0 aromatic rings. The van der Waals surface area contributed by atoms with Gasteiger partial charge in [0.25, 0.3) is 0 Å². The van der Waals surface area contributed by atoms with Gasteiger partial charge in [0.2, 0.25) is 0 Å². The fourth-order valence-corrected chi connectivity index (χ4v) is 3.36. The number of hydrogen-bond donors (Lipinski definition) is 1. The van der Waals surface area contributed by atoms with E-state index < -0.39 is 5.60 Å². The van der Waals surface area contributed by atoms with Crippen molar-refractivity contribution in [1.82, 2.24) is 0 Å². The lowest BCUT2D eigenvalue weighted by atomic mass is 9.79. The zero-order valence-electron chi connectivity index (χ0n) is 10.8. The smallest absolute Gasteiger partial charge is 0.0620 e. The summed E-state index contributed by atoms with van der Waals surface area (Å²) in [7, 11) is 0. The van der Waals surface area contributed by atoms with Crippen molar-refractivity contribution in [3.8, 4) is 0 Å². The van der Waals surface area contributed by atoms with Crippen LogP contribution in [0, 0.1) is 17.8 Å². The van der Waals surface area contributed by atoms with Gasteiger partial charge in [-0.1, -0.05) is 23.8 Å². The second-order valence-corrected chi connectivity index (χ2v) is 6.18. The number of rotatable bonds is 1. The van der Waals surface area contributed by atoms with E-state index >= 15 is 0 Å². The summed E-state index contributed by atoms with van der Waals surface area (Å²) >= 11 is 0. The molecule has 2 aliphatic rings. The topological polar surface area (TPSA) is 20.2 Å². The van der Waals surface area contributed by atoms with E-state index in [0.717, 1.165) is 19.3 Å². The van der Waals surface area contributed by atoms with E-state index in [0.29, 0.717) is 17.8 Å². The van der Waals surface area contributed by atoms with E-state index in [1.165, 1.54) is 17.6 Å². The van der Waals surface area contributed by atoms with E-state index in [-0.39, 0.29) is 0 Å². The van der Waals surface area contributed by atoms with E-state index in [1.54, 1.807) is 0 Å². The Morgan fingerprint density at radius 3 is 2.69 bits per heavy atom. The third kappa shape index (κ3) is 2.10. The first kappa shape index (κ1) is 11.9. The first-order chi connectivity index (χ1) is 7.39. The minimum absolute atomic E-state index is 0.417. The predicted octanol–water partition coefficient (Wildman–Crippen LogP) is 3.70. The summed E-state index contributed by atoms with van der Waals surface area (Å²) in [5.41, 5.74) is 2.38. The SMILES string of the molecule is C=C1CC[C@@H](C(C)(C)O)C[C@@H]2C(C)=CC[C@@H]12. The minimum atomic E-state index is -0.544. The van der Waals surface area contributed by atoms with Gasteiger partial charge in [-0.25, -0.2) is 0 Å². The van der Waals surface area contributed by atoms with E-state index in [4.69, 9.17) is 0 Å². The Kier molecular flexibility index (Phi) is 3.00. The molecular formula is C15H24O. The van der Waals surface area contributed by atoms with Crippen LogP contribution in [0.1, 0.15) is 46.5 Å². The highest BCUT2D eigenvalue weighted by molar-refractivity contribution is 5.22. The van der Waals surface area contributed by atoms with E-state index in [9.17, 15) is 5.11 Å². The Labute approximate surface area is 99.3 Å². The lowest BCUT2D eigenvalue weighted by Crippen LogP contribution is -2.32. The summed E-state index contributed by atoms with van der Waals surface area (Å²) in [6, 6.07) is 0. The van der Waals surface area contributed by atoms with Gasteiger partial charge in [-0.2, -0.15) is 0 Å². The quantitative estimate of drug-likeness (QED) is 0.668. The molecule has 0 aromatic heterocycles. The van der Waals surface area contributed by atoms with E-state index in [1.807, 2.05) is 13.8 Å². The summed E-state index contributed by atoms with van der Waals surface area (Å²) < 4.78 is 0. The molecule has 1 saturated carbocycles. The summed E-state index contributed by atoms with van der Waals surface area (Å²) in [5.74, 6) is 1.72. The molecule has 1 fully saturated rings. The maximum absolute atomic E-state index is 10.2. The molecule has 0 aliphatic heterocycles. The molecule has 0 radical (unpaired) electrons. The lowest BCUT2D eigenvalue weighted by molar-refractivity contribution is 0.00604. The molecule has 2 rings (SSSR count). The molecule has 0 aromatic carbocycles. The summed E-state index contributed by atoms with van der Waals surface area (Å²) in [4.78, 5) is 0. The molecule has 0 heterocycles. The van der Waals surface area contributed by atoms with Crippen molar-refractivity contribution < 1.29 is 5.11 Å². The van der Waals surface area contributed by atoms with Gasteiger partial charge < -0.3 is 5.11 Å². The van der Waals surface area contributed by atoms with Gasteiger partial charge in [0.1, 0.15) is 0 Å². The molecule has 2 aliphatic carbocycles. The van der Waals surface area contributed by atoms with Crippen LogP contribution in [0.4, 0.5) is 0 Å². The van der Waals surface area contributed by atoms with Gasteiger partial charge in [0, 0.05) is 0 Å². The number of hydrogen-bond acceptors (Lipinski definition) is 1. The third-order valence-corrected chi connectivity index (χ3v) is 4.64. The Bertz CT molecular complexity index is 319. The maximum atomic E-state index is 10.2. The molecule has 0 amide bonds. The molecular weight excluding hydrogens is 196 g/mol. The average molecular weight is 220 g/mol. The minimum Gasteiger partial charge on any atom is -0.390 e. The fraction of sp³-hybridized carbons (Fsp3) is 0.733. The van der Waals surface area contributed by atoms with Crippen molar-refractivity contribution in [2.75, 3.05) is 0 Å². The van der Waals surface area contributed by atoms with Crippen LogP contribution in [0.5, 0.6) is 0 Å². The Hall–Kier alpha value is -0.560. The summed E-state index contributed by atoms with van der Waals surface area (Å²) in [5, 5.41) is 10.2. The molecule has 1 nitrogen and oxygen atoms in total.